The van der Waals surface area contributed by atoms with Crippen LogP contribution >= 0.6 is 0 Å². The van der Waals surface area contributed by atoms with Crippen LogP contribution in [-0.2, 0) is 0 Å². The van der Waals surface area contributed by atoms with Crippen LogP contribution in [0.3, 0.4) is 0 Å². The molecule has 0 saturated carbocycles. The Morgan fingerprint density at radius 3 is 1.18 bits per heavy atom. The Morgan fingerprint density at radius 2 is 0.713 bits per heavy atom. The maximum Gasteiger partial charge on any atom is 0.159 e. The number of hydrogen-bond donors (Lipinski definition) is 0. The molecule has 15 aromatic rings. The second-order valence-electron chi connectivity index (χ2n) is 21.1. The smallest absolute Gasteiger partial charge is 0.159 e. The van der Waals surface area contributed by atoms with Crippen molar-refractivity contribution < 1.29 is 8.83 Å². The summed E-state index contributed by atoms with van der Waals surface area (Å²) in [6.07, 6.45) is 8.73. The van der Waals surface area contributed by atoms with E-state index in [1.165, 1.54) is 38.2 Å². The summed E-state index contributed by atoms with van der Waals surface area (Å²) in [4.78, 5) is 4.90. The van der Waals surface area contributed by atoms with Gasteiger partial charge in [0.05, 0.1) is 22.7 Å². The van der Waals surface area contributed by atoms with Gasteiger partial charge in [0.25, 0.3) is 0 Å². The molecular weight excluding hydrogens is 973 g/mol. The van der Waals surface area contributed by atoms with Crippen molar-refractivity contribution in [2.75, 3.05) is 9.80 Å². The van der Waals surface area contributed by atoms with Gasteiger partial charge in [-0.3, -0.25) is 0 Å². The average Bonchev–Trinajstić information content (AvgIpc) is 4.19. The molecule has 0 aliphatic heterocycles. The lowest BCUT2D eigenvalue weighted by molar-refractivity contribution is 0.669. The molecule has 1 aliphatic rings. The van der Waals surface area contributed by atoms with Crippen molar-refractivity contribution in [3.8, 4) is 33.4 Å². The van der Waals surface area contributed by atoms with Gasteiger partial charge in [0.1, 0.15) is 11.2 Å². The van der Waals surface area contributed by atoms with Crippen molar-refractivity contribution >= 4 is 116 Å². The molecule has 4 heteroatoms. The van der Waals surface area contributed by atoms with Gasteiger partial charge in [0.2, 0.25) is 0 Å². The first kappa shape index (κ1) is 45.7. The Bertz CT molecular complexity index is 4890. The van der Waals surface area contributed by atoms with Gasteiger partial charge in [-0.2, -0.15) is 0 Å². The van der Waals surface area contributed by atoms with Gasteiger partial charge in [-0.1, -0.05) is 206 Å². The summed E-state index contributed by atoms with van der Waals surface area (Å²) in [6.45, 7) is 0. The van der Waals surface area contributed by atoms with E-state index in [0.717, 1.165) is 129 Å². The van der Waals surface area contributed by atoms with E-state index >= 15 is 0 Å². The minimum Gasteiger partial charge on any atom is -0.454 e. The van der Waals surface area contributed by atoms with Crippen molar-refractivity contribution in [1.29, 1.82) is 0 Å². The monoisotopic (exact) mass is 1020 g/mol. The topological polar surface area (TPSA) is 32.8 Å². The first-order valence-electron chi connectivity index (χ1n) is 27.6. The molecule has 376 valence electrons. The van der Waals surface area contributed by atoms with Crippen LogP contribution < -0.4 is 9.80 Å². The highest BCUT2D eigenvalue weighted by Crippen LogP contribution is 2.52. The first-order chi connectivity index (χ1) is 39.7. The van der Waals surface area contributed by atoms with Crippen LogP contribution in [0, 0.1) is 0 Å². The second-order valence-corrected chi connectivity index (χ2v) is 21.1. The van der Waals surface area contributed by atoms with Gasteiger partial charge in [-0.05, 0) is 152 Å². The SMILES string of the molecule is C1=CCCC(c2cc(-c3ccccc3)cc(N(c3ccc4ccc5c(N(c6cc(-c7ccccc7)cc(-c7ccccc7)c6)c6cccc7c6oc6ccccc67)ccc6ccc3c4c65)c3cccc4c3oc3ccccc34)c2)=C1. The highest BCUT2D eigenvalue weighted by Gasteiger charge is 2.27. The Kier molecular flexibility index (Phi) is 10.7. The van der Waals surface area contributed by atoms with Gasteiger partial charge in [-0.15, -0.1) is 0 Å². The van der Waals surface area contributed by atoms with E-state index in [-0.39, 0.29) is 0 Å². The van der Waals surface area contributed by atoms with E-state index in [1.54, 1.807) is 0 Å². The van der Waals surface area contributed by atoms with Crippen LogP contribution in [0.25, 0.3) is 115 Å². The maximum atomic E-state index is 6.97. The number of nitrogens with zero attached hydrogens (tertiary/aromatic N) is 2. The van der Waals surface area contributed by atoms with Crippen molar-refractivity contribution in [3.63, 3.8) is 0 Å². The lowest BCUT2D eigenvalue weighted by Crippen LogP contribution is -2.12. The molecule has 0 saturated heterocycles. The number of fused-ring (bicyclic) bond motifs is 6. The Hall–Kier alpha value is -10.4. The molecule has 0 radical (unpaired) electrons. The van der Waals surface area contributed by atoms with E-state index in [9.17, 15) is 0 Å². The predicted octanol–water partition coefficient (Wildman–Crippen LogP) is 22.1. The highest BCUT2D eigenvalue weighted by atomic mass is 16.3. The third-order valence-corrected chi connectivity index (χ3v) is 16.4. The summed E-state index contributed by atoms with van der Waals surface area (Å²) in [7, 11) is 0. The summed E-state index contributed by atoms with van der Waals surface area (Å²) >= 11 is 0. The fraction of sp³-hybridized carbons (Fsp3) is 0.0263. The highest BCUT2D eigenvalue weighted by molar-refractivity contribution is 6.29. The van der Waals surface area contributed by atoms with Crippen LogP contribution in [0.5, 0.6) is 0 Å². The molecule has 2 heterocycles. The minimum atomic E-state index is 0.834. The number of furan rings is 2. The standard InChI is InChI=1S/C76H50N2O2/c1-5-19-49(20-6-1)55-43-56(50-21-7-2-8-22-50)46-59(45-55)77(69-31-17-29-63-61-27-13-15-33-71(61)79-75(63)69)67-41-37-53-36-40-66-68(42-38-54-35-39-65(67)73(53)74(54)66)78(70-32-18-30-64-62-28-14-16-34-72(62)80-76(64)70)60-47-57(51-23-9-3-10-24-51)44-58(48-60)52-25-11-4-12-26-52/h1-11,13-25,27-48H,12,26H2. The third kappa shape index (κ3) is 7.52. The van der Waals surface area contributed by atoms with Gasteiger partial charge in [0, 0.05) is 43.7 Å². The Balaban J connectivity index is 0.977. The third-order valence-electron chi connectivity index (χ3n) is 16.4. The van der Waals surface area contributed by atoms with E-state index in [4.69, 9.17) is 8.83 Å². The average molecular weight is 1020 g/mol. The number of para-hydroxylation sites is 4. The number of hydrogen-bond acceptors (Lipinski definition) is 4. The molecule has 0 N–H and O–H groups in total. The number of benzene rings is 13. The quantitative estimate of drug-likeness (QED) is 0.128. The summed E-state index contributed by atoms with van der Waals surface area (Å²) in [5.41, 5.74) is 18.9. The molecule has 13 aromatic carbocycles. The lowest BCUT2D eigenvalue weighted by Gasteiger charge is -2.30. The van der Waals surface area contributed by atoms with Crippen molar-refractivity contribution in [2.45, 2.75) is 12.8 Å². The fourth-order valence-corrected chi connectivity index (χ4v) is 12.7. The molecule has 16 rings (SSSR count). The zero-order valence-electron chi connectivity index (χ0n) is 43.7. The number of rotatable bonds is 10. The molecule has 1 aliphatic carbocycles. The van der Waals surface area contributed by atoms with E-state index in [2.05, 4.69) is 289 Å². The molecular formula is C76H50N2O2. The van der Waals surface area contributed by atoms with Crippen molar-refractivity contribution in [1.82, 2.24) is 0 Å². The number of anilines is 6. The van der Waals surface area contributed by atoms with Crippen LogP contribution in [0.2, 0.25) is 0 Å². The molecule has 4 nitrogen and oxygen atoms in total. The normalized spacial score (nSPS) is 12.7. The van der Waals surface area contributed by atoms with E-state index in [0.29, 0.717) is 0 Å². The molecule has 80 heavy (non-hydrogen) atoms. The molecule has 0 amide bonds. The summed E-state index contributed by atoms with van der Waals surface area (Å²) in [6, 6.07) is 94.8. The fourth-order valence-electron chi connectivity index (χ4n) is 12.7. The Morgan fingerprint density at radius 1 is 0.300 bits per heavy atom. The molecule has 0 atom stereocenters. The summed E-state index contributed by atoms with van der Waals surface area (Å²) < 4.78 is 13.9. The second kappa shape index (κ2) is 18.7. The molecule has 0 fully saturated rings. The lowest BCUT2D eigenvalue weighted by atomic mass is 9.91. The van der Waals surface area contributed by atoms with Gasteiger partial charge < -0.3 is 18.6 Å². The van der Waals surface area contributed by atoms with Gasteiger partial charge in [0.15, 0.2) is 11.2 Å². The molecule has 0 unspecified atom stereocenters. The maximum absolute atomic E-state index is 6.97. The van der Waals surface area contributed by atoms with E-state index in [1.807, 2.05) is 0 Å². The van der Waals surface area contributed by atoms with Crippen molar-refractivity contribution in [2.24, 2.45) is 0 Å². The van der Waals surface area contributed by atoms with E-state index < -0.39 is 0 Å². The van der Waals surface area contributed by atoms with Gasteiger partial charge in [-0.25, -0.2) is 0 Å². The zero-order chi connectivity index (χ0) is 52.7. The molecule has 2 aromatic heterocycles. The van der Waals surface area contributed by atoms with Crippen LogP contribution in [-0.4, -0.2) is 0 Å². The summed E-state index contributed by atoms with van der Waals surface area (Å²) in [5, 5.41) is 11.3. The predicted molar refractivity (Wildman–Crippen MR) is 337 cm³/mol. The van der Waals surface area contributed by atoms with Crippen LogP contribution in [0.1, 0.15) is 18.4 Å². The van der Waals surface area contributed by atoms with Gasteiger partial charge >= 0.3 is 0 Å². The van der Waals surface area contributed by atoms with Crippen LogP contribution in [0.4, 0.5) is 34.1 Å². The number of allylic oxidation sites excluding steroid dienone is 4. The first-order valence-corrected chi connectivity index (χ1v) is 27.6. The minimum absolute atomic E-state index is 0.834. The molecule has 0 spiro atoms. The summed E-state index contributed by atoms with van der Waals surface area (Å²) in [5.74, 6) is 0. The zero-order valence-corrected chi connectivity index (χ0v) is 43.7. The van der Waals surface area contributed by atoms with Crippen molar-refractivity contribution in [3.05, 3.63) is 285 Å². The largest absolute Gasteiger partial charge is 0.454 e. The Labute approximate surface area is 462 Å². The molecule has 0 bridgehead atoms. The van der Waals surface area contributed by atoms with Crippen LogP contribution in [0.15, 0.2) is 288 Å².